The van der Waals surface area contributed by atoms with Crippen LogP contribution in [0.5, 0.6) is 0 Å². The molecule has 0 fully saturated rings. The van der Waals surface area contributed by atoms with E-state index >= 15 is 0 Å². The van der Waals surface area contributed by atoms with Crippen molar-refractivity contribution in [3.8, 4) is 0 Å². The van der Waals surface area contributed by atoms with E-state index in [2.05, 4.69) is 15.3 Å². The summed E-state index contributed by atoms with van der Waals surface area (Å²) in [5.74, 6) is -0.418. The van der Waals surface area contributed by atoms with Crippen molar-refractivity contribution >= 4 is 21.5 Å². The lowest BCUT2D eigenvalue weighted by Gasteiger charge is -2.09. The molecule has 0 saturated heterocycles. The summed E-state index contributed by atoms with van der Waals surface area (Å²) in [5.41, 5.74) is 1.62. The molecule has 2 aromatic carbocycles. The van der Waals surface area contributed by atoms with Crippen LogP contribution in [0.1, 0.15) is 21.5 Å². The van der Waals surface area contributed by atoms with E-state index in [4.69, 9.17) is 0 Å². The molecule has 1 N–H and O–H groups in total. The summed E-state index contributed by atoms with van der Waals surface area (Å²) in [5, 5.41) is 2.77. The lowest BCUT2D eigenvalue weighted by molar-refractivity contribution is 0.0950. The minimum atomic E-state index is -3.83. The quantitative estimate of drug-likeness (QED) is 0.532. The smallest absolute Gasteiger partial charge is 0.254 e. The van der Waals surface area contributed by atoms with Crippen LogP contribution < -0.4 is 5.32 Å². The third-order valence-electron chi connectivity index (χ3n) is 4.52. The summed E-state index contributed by atoms with van der Waals surface area (Å²) >= 11 is 0. The molecule has 0 aliphatic rings. The second-order valence-electron chi connectivity index (χ2n) is 6.77. The van der Waals surface area contributed by atoms with E-state index in [1.807, 2.05) is 0 Å². The number of imidazole rings is 1. The Bertz CT molecular complexity index is 1330. The number of sulfone groups is 1. The Hall–Kier alpha value is -3.59. The zero-order chi connectivity index (χ0) is 21.3. The van der Waals surface area contributed by atoms with E-state index in [9.17, 15) is 17.6 Å². The van der Waals surface area contributed by atoms with Crippen LogP contribution in [-0.2, 0) is 16.4 Å². The maximum atomic E-state index is 13.6. The van der Waals surface area contributed by atoms with Gasteiger partial charge in [-0.1, -0.05) is 12.1 Å². The molecule has 0 aliphatic carbocycles. The van der Waals surface area contributed by atoms with E-state index in [-0.39, 0.29) is 22.2 Å². The second kappa shape index (κ2) is 7.68. The molecular formula is C21H17FN4O3S. The molecule has 152 valence electrons. The summed E-state index contributed by atoms with van der Waals surface area (Å²) in [7, 11) is -3.83. The van der Waals surface area contributed by atoms with Crippen molar-refractivity contribution in [2.45, 2.75) is 23.3 Å². The van der Waals surface area contributed by atoms with Crippen LogP contribution >= 0.6 is 0 Å². The fourth-order valence-corrected chi connectivity index (χ4v) is 4.37. The van der Waals surface area contributed by atoms with Crippen molar-refractivity contribution in [2.24, 2.45) is 0 Å². The first-order valence-electron chi connectivity index (χ1n) is 9.01. The molecular weight excluding hydrogens is 407 g/mol. The summed E-state index contributed by atoms with van der Waals surface area (Å²) in [6.45, 7) is 1.84. The average molecular weight is 424 g/mol. The normalized spacial score (nSPS) is 11.5. The molecule has 1 amide bonds. The molecule has 30 heavy (non-hydrogen) atoms. The fraction of sp³-hybridized carbons (Fsp3) is 0.0952. The number of rotatable bonds is 5. The minimum absolute atomic E-state index is 0.0531. The van der Waals surface area contributed by atoms with Crippen molar-refractivity contribution in [3.63, 3.8) is 0 Å². The highest BCUT2D eigenvalue weighted by molar-refractivity contribution is 7.91. The predicted octanol–water partition coefficient (Wildman–Crippen LogP) is 2.94. The summed E-state index contributed by atoms with van der Waals surface area (Å²) < 4.78 is 40.7. The average Bonchev–Trinajstić information content (AvgIpc) is 3.19. The Balaban J connectivity index is 1.47. The van der Waals surface area contributed by atoms with Crippen LogP contribution in [0.4, 0.5) is 4.39 Å². The molecule has 0 saturated carbocycles. The number of amides is 1. The Kier molecular flexibility index (Phi) is 5.04. The van der Waals surface area contributed by atoms with Crippen LogP contribution in [0, 0.1) is 12.7 Å². The Morgan fingerprint density at radius 3 is 2.60 bits per heavy atom. The highest BCUT2D eigenvalue weighted by Gasteiger charge is 2.19. The highest BCUT2D eigenvalue weighted by Crippen LogP contribution is 2.23. The number of aromatic nitrogens is 3. The van der Waals surface area contributed by atoms with Crippen LogP contribution in [0.2, 0.25) is 0 Å². The van der Waals surface area contributed by atoms with E-state index in [0.717, 1.165) is 11.6 Å². The van der Waals surface area contributed by atoms with E-state index in [1.165, 1.54) is 30.5 Å². The Morgan fingerprint density at radius 1 is 1.10 bits per heavy atom. The fourth-order valence-electron chi connectivity index (χ4n) is 3.00. The third kappa shape index (κ3) is 3.92. The number of nitrogens with zero attached hydrogens (tertiary/aromatic N) is 3. The zero-order valence-electron chi connectivity index (χ0n) is 15.9. The standard InChI is InChI=1S/C21H17FN4O3S/c1-14-8-17(22)10-19(9-14)30(28,29)18-4-2-15(3-5-18)11-24-20(27)16-12-25-21-23-6-7-26(21)13-16/h2-10,12-13H,11H2,1H3,(H,24,27). The first-order chi connectivity index (χ1) is 14.3. The SMILES string of the molecule is Cc1cc(F)cc(S(=O)(=O)c2ccc(CNC(=O)c3cnc4nccn4c3)cc2)c1. The van der Waals surface area contributed by atoms with Gasteiger partial charge >= 0.3 is 0 Å². The summed E-state index contributed by atoms with van der Waals surface area (Å²) in [4.78, 5) is 20.4. The van der Waals surface area contributed by atoms with Gasteiger partial charge in [0.1, 0.15) is 5.82 Å². The minimum Gasteiger partial charge on any atom is -0.348 e. The molecule has 4 aromatic rings. The molecule has 9 heteroatoms. The largest absolute Gasteiger partial charge is 0.348 e. The van der Waals surface area contributed by atoms with E-state index < -0.39 is 15.7 Å². The van der Waals surface area contributed by atoms with Crippen LogP contribution in [-0.4, -0.2) is 28.7 Å². The Labute approximate surface area is 172 Å². The van der Waals surface area contributed by atoms with Crippen molar-refractivity contribution in [1.82, 2.24) is 19.7 Å². The number of fused-ring (bicyclic) bond motifs is 1. The van der Waals surface area contributed by atoms with Gasteiger partial charge in [-0.05, 0) is 48.4 Å². The third-order valence-corrected chi connectivity index (χ3v) is 6.27. The van der Waals surface area contributed by atoms with Gasteiger partial charge in [-0.2, -0.15) is 0 Å². The molecule has 4 rings (SSSR count). The predicted molar refractivity (Wildman–Crippen MR) is 107 cm³/mol. The number of nitrogens with one attached hydrogen (secondary N) is 1. The number of carbonyl (C=O) groups is 1. The molecule has 0 aliphatic heterocycles. The molecule has 0 radical (unpaired) electrons. The van der Waals surface area contributed by atoms with E-state index in [1.54, 1.807) is 42.0 Å². The molecule has 0 spiro atoms. The molecule has 0 unspecified atom stereocenters. The first kappa shape index (κ1) is 19.7. The lowest BCUT2D eigenvalue weighted by atomic mass is 10.2. The maximum Gasteiger partial charge on any atom is 0.254 e. The van der Waals surface area contributed by atoms with Crippen molar-refractivity contribution < 1.29 is 17.6 Å². The lowest BCUT2D eigenvalue weighted by Crippen LogP contribution is -2.23. The second-order valence-corrected chi connectivity index (χ2v) is 8.72. The van der Waals surface area contributed by atoms with Gasteiger partial charge in [-0.25, -0.2) is 22.8 Å². The number of aryl methyl sites for hydroxylation is 1. The monoisotopic (exact) mass is 424 g/mol. The van der Waals surface area contributed by atoms with Gasteiger partial charge in [0.15, 0.2) is 0 Å². The van der Waals surface area contributed by atoms with Gasteiger partial charge in [-0.3, -0.25) is 9.20 Å². The van der Waals surface area contributed by atoms with Crippen LogP contribution in [0.15, 0.2) is 77.0 Å². The highest BCUT2D eigenvalue weighted by atomic mass is 32.2. The van der Waals surface area contributed by atoms with Crippen molar-refractivity contribution in [3.05, 3.63) is 89.8 Å². The summed E-state index contributed by atoms with van der Waals surface area (Å²) in [6, 6.07) is 9.80. The van der Waals surface area contributed by atoms with Crippen molar-refractivity contribution in [1.29, 1.82) is 0 Å². The zero-order valence-corrected chi connectivity index (χ0v) is 16.7. The first-order valence-corrected chi connectivity index (χ1v) is 10.5. The number of hydrogen-bond donors (Lipinski definition) is 1. The van der Waals surface area contributed by atoms with Crippen molar-refractivity contribution in [2.75, 3.05) is 0 Å². The molecule has 0 bridgehead atoms. The van der Waals surface area contributed by atoms with Gasteiger partial charge in [0.25, 0.3) is 5.91 Å². The molecule has 7 nitrogen and oxygen atoms in total. The molecule has 2 aromatic heterocycles. The maximum absolute atomic E-state index is 13.6. The summed E-state index contributed by atoms with van der Waals surface area (Å²) in [6.07, 6.45) is 6.35. The Morgan fingerprint density at radius 2 is 1.87 bits per heavy atom. The number of benzene rings is 2. The van der Waals surface area contributed by atoms with E-state index in [0.29, 0.717) is 16.9 Å². The number of hydrogen-bond acceptors (Lipinski definition) is 5. The number of halogens is 1. The topological polar surface area (TPSA) is 93.4 Å². The van der Waals surface area contributed by atoms with Gasteiger partial charge in [0.05, 0.1) is 15.4 Å². The molecule has 0 atom stereocenters. The van der Waals surface area contributed by atoms with Crippen LogP contribution in [0.25, 0.3) is 5.78 Å². The van der Waals surface area contributed by atoms with Gasteiger partial charge in [0, 0.05) is 31.3 Å². The van der Waals surface area contributed by atoms with Gasteiger partial charge < -0.3 is 5.32 Å². The van der Waals surface area contributed by atoms with Crippen LogP contribution in [0.3, 0.4) is 0 Å². The molecule has 2 heterocycles. The number of carbonyl (C=O) groups excluding carboxylic acids is 1. The van der Waals surface area contributed by atoms with Gasteiger partial charge in [0.2, 0.25) is 15.6 Å². The van der Waals surface area contributed by atoms with Gasteiger partial charge in [-0.15, -0.1) is 0 Å².